The molecule has 0 saturated heterocycles. The Bertz CT molecular complexity index is 379. The van der Waals surface area contributed by atoms with Gasteiger partial charge in [-0.25, -0.2) is 0 Å². The molecule has 1 aromatic heterocycles. The monoisotopic (exact) mass is 223 g/mol. The van der Waals surface area contributed by atoms with Crippen molar-refractivity contribution in [3.8, 4) is 0 Å². The lowest BCUT2D eigenvalue weighted by atomic mass is 9.80. The Morgan fingerprint density at radius 2 is 2.38 bits per heavy atom. The van der Waals surface area contributed by atoms with Gasteiger partial charge in [0.15, 0.2) is 0 Å². The lowest BCUT2D eigenvalue weighted by molar-refractivity contribution is -0.0300. The fourth-order valence-corrected chi connectivity index (χ4v) is 1.92. The zero-order valence-corrected chi connectivity index (χ0v) is 9.45. The minimum Gasteiger partial charge on any atom is -0.469 e. The molecule has 0 atom stereocenters. The van der Waals surface area contributed by atoms with Gasteiger partial charge < -0.3 is 14.8 Å². The molecule has 16 heavy (non-hydrogen) atoms. The van der Waals surface area contributed by atoms with Gasteiger partial charge in [0.2, 0.25) is 0 Å². The van der Waals surface area contributed by atoms with Crippen LogP contribution in [0.3, 0.4) is 0 Å². The molecule has 0 spiro atoms. The van der Waals surface area contributed by atoms with E-state index in [4.69, 9.17) is 4.42 Å². The maximum Gasteiger partial charge on any atom is 0.254 e. The zero-order chi connectivity index (χ0) is 11.6. The third-order valence-electron chi connectivity index (χ3n) is 3.17. The van der Waals surface area contributed by atoms with Crippen molar-refractivity contribution >= 4 is 5.91 Å². The Morgan fingerprint density at radius 1 is 1.62 bits per heavy atom. The summed E-state index contributed by atoms with van der Waals surface area (Å²) in [6.07, 6.45) is 4.81. The van der Waals surface area contributed by atoms with Crippen molar-refractivity contribution in [2.45, 2.75) is 38.2 Å². The van der Waals surface area contributed by atoms with Gasteiger partial charge in [-0.15, -0.1) is 0 Å². The van der Waals surface area contributed by atoms with Gasteiger partial charge >= 0.3 is 0 Å². The van der Waals surface area contributed by atoms with Crippen LogP contribution in [0.1, 0.15) is 42.3 Å². The quantitative estimate of drug-likeness (QED) is 0.812. The van der Waals surface area contributed by atoms with Crippen molar-refractivity contribution in [2.75, 3.05) is 6.54 Å². The van der Waals surface area contributed by atoms with Gasteiger partial charge in [0.25, 0.3) is 5.91 Å². The molecule has 1 amide bonds. The van der Waals surface area contributed by atoms with Crippen molar-refractivity contribution in [3.63, 3.8) is 0 Å². The number of aryl methyl sites for hydroxylation is 1. The SMILES string of the molecule is CCc1occc1C(=O)NCC1(O)CCC1. The highest BCUT2D eigenvalue weighted by Crippen LogP contribution is 2.30. The van der Waals surface area contributed by atoms with Crippen molar-refractivity contribution in [2.24, 2.45) is 0 Å². The second-order valence-corrected chi connectivity index (χ2v) is 4.37. The summed E-state index contributed by atoms with van der Waals surface area (Å²) in [7, 11) is 0. The number of carbonyl (C=O) groups excluding carboxylic acids is 1. The molecular weight excluding hydrogens is 206 g/mol. The molecule has 0 aromatic carbocycles. The minimum atomic E-state index is -0.675. The van der Waals surface area contributed by atoms with E-state index < -0.39 is 5.60 Å². The van der Waals surface area contributed by atoms with Crippen LogP contribution in [-0.4, -0.2) is 23.2 Å². The first-order chi connectivity index (χ1) is 7.64. The normalized spacial score (nSPS) is 17.9. The van der Waals surface area contributed by atoms with E-state index in [-0.39, 0.29) is 5.91 Å². The van der Waals surface area contributed by atoms with Crippen LogP contribution in [-0.2, 0) is 6.42 Å². The number of aliphatic hydroxyl groups is 1. The first-order valence-corrected chi connectivity index (χ1v) is 5.71. The van der Waals surface area contributed by atoms with Gasteiger partial charge in [0.05, 0.1) is 17.4 Å². The molecular formula is C12H17NO3. The van der Waals surface area contributed by atoms with Crippen LogP contribution < -0.4 is 5.32 Å². The van der Waals surface area contributed by atoms with Crippen molar-refractivity contribution in [1.29, 1.82) is 0 Å². The first kappa shape index (κ1) is 11.2. The number of furan rings is 1. The van der Waals surface area contributed by atoms with Crippen LogP contribution in [0.5, 0.6) is 0 Å². The lowest BCUT2D eigenvalue weighted by Gasteiger charge is -2.36. The Kier molecular flexibility index (Phi) is 3.01. The molecule has 1 heterocycles. The molecule has 0 bridgehead atoms. The van der Waals surface area contributed by atoms with Gasteiger partial charge in [-0.1, -0.05) is 6.92 Å². The van der Waals surface area contributed by atoms with Crippen LogP contribution >= 0.6 is 0 Å². The van der Waals surface area contributed by atoms with Crippen LogP contribution in [0.2, 0.25) is 0 Å². The number of carbonyl (C=O) groups is 1. The third-order valence-corrected chi connectivity index (χ3v) is 3.17. The zero-order valence-electron chi connectivity index (χ0n) is 9.45. The number of rotatable bonds is 4. The summed E-state index contributed by atoms with van der Waals surface area (Å²) in [5.41, 5.74) is -0.100. The van der Waals surface area contributed by atoms with Gasteiger partial charge in [-0.3, -0.25) is 4.79 Å². The van der Waals surface area contributed by atoms with Gasteiger partial charge in [-0.05, 0) is 25.3 Å². The van der Waals surface area contributed by atoms with E-state index in [1.165, 1.54) is 6.26 Å². The molecule has 4 nitrogen and oxygen atoms in total. The van der Waals surface area contributed by atoms with E-state index in [9.17, 15) is 9.90 Å². The summed E-state index contributed by atoms with van der Waals surface area (Å²) in [6.45, 7) is 2.27. The molecule has 0 radical (unpaired) electrons. The van der Waals surface area contributed by atoms with Crippen LogP contribution in [0.4, 0.5) is 0 Å². The summed E-state index contributed by atoms with van der Waals surface area (Å²) < 4.78 is 5.18. The topological polar surface area (TPSA) is 62.5 Å². The van der Waals surface area contributed by atoms with E-state index in [1.54, 1.807) is 6.07 Å². The molecule has 0 aliphatic heterocycles. The van der Waals surface area contributed by atoms with Crippen molar-refractivity contribution in [3.05, 3.63) is 23.7 Å². The summed E-state index contributed by atoms with van der Waals surface area (Å²) in [5.74, 6) is 0.532. The van der Waals surface area contributed by atoms with Crippen molar-refractivity contribution < 1.29 is 14.3 Å². The molecule has 1 aromatic rings. The third kappa shape index (κ3) is 2.11. The Balaban J connectivity index is 1.93. The van der Waals surface area contributed by atoms with Gasteiger partial charge in [0, 0.05) is 13.0 Å². The number of nitrogens with one attached hydrogen (secondary N) is 1. The average molecular weight is 223 g/mol. The highest BCUT2D eigenvalue weighted by Gasteiger charge is 2.34. The fourth-order valence-electron chi connectivity index (χ4n) is 1.92. The highest BCUT2D eigenvalue weighted by atomic mass is 16.3. The fraction of sp³-hybridized carbons (Fsp3) is 0.583. The molecule has 4 heteroatoms. The van der Waals surface area contributed by atoms with Crippen molar-refractivity contribution in [1.82, 2.24) is 5.32 Å². The van der Waals surface area contributed by atoms with Crippen LogP contribution in [0, 0.1) is 0 Å². The average Bonchev–Trinajstić information content (AvgIpc) is 2.71. The van der Waals surface area contributed by atoms with Crippen LogP contribution in [0.25, 0.3) is 0 Å². The molecule has 1 saturated carbocycles. The largest absolute Gasteiger partial charge is 0.469 e. The predicted molar refractivity (Wildman–Crippen MR) is 59.2 cm³/mol. The predicted octanol–water partition coefficient (Wildman–Crippen LogP) is 1.49. The summed E-state index contributed by atoms with van der Waals surface area (Å²) in [5, 5.41) is 12.6. The van der Waals surface area contributed by atoms with Gasteiger partial charge in [0.1, 0.15) is 5.76 Å². The Hall–Kier alpha value is -1.29. The number of hydrogen-bond donors (Lipinski definition) is 2. The molecule has 1 aliphatic rings. The Labute approximate surface area is 94.6 Å². The van der Waals surface area contributed by atoms with E-state index in [0.717, 1.165) is 19.3 Å². The van der Waals surface area contributed by atoms with E-state index in [0.29, 0.717) is 24.3 Å². The maximum atomic E-state index is 11.8. The molecule has 1 aliphatic carbocycles. The van der Waals surface area contributed by atoms with E-state index in [2.05, 4.69) is 5.32 Å². The van der Waals surface area contributed by atoms with E-state index >= 15 is 0 Å². The van der Waals surface area contributed by atoms with Crippen LogP contribution in [0.15, 0.2) is 16.7 Å². The second-order valence-electron chi connectivity index (χ2n) is 4.37. The summed E-state index contributed by atoms with van der Waals surface area (Å²) >= 11 is 0. The molecule has 1 fully saturated rings. The Morgan fingerprint density at radius 3 is 2.94 bits per heavy atom. The highest BCUT2D eigenvalue weighted by molar-refractivity contribution is 5.95. The summed E-state index contributed by atoms with van der Waals surface area (Å²) in [4.78, 5) is 11.8. The lowest BCUT2D eigenvalue weighted by Crippen LogP contribution is -2.47. The molecule has 0 unspecified atom stereocenters. The van der Waals surface area contributed by atoms with E-state index in [1.807, 2.05) is 6.92 Å². The number of amides is 1. The summed E-state index contributed by atoms with van der Waals surface area (Å²) in [6, 6.07) is 1.67. The molecule has 2 rings (SSSR count). The maximum absolute atomic E-state index is 11.8. The number of hydrogen-bond acceptors (Lipinski definition) is 3. The first-order valence-electron chi connectivity index (χ1n) is 5.71. The minimum absolute atomic E-state index is 0.161. The standard InChI is InChI=1S/C12H17NO3/c1-2-10-9(4-7-16-10)11(14)13-8-12(15)5-3-6-12/h4,7,15H,2-3,5-6,8H2,1H3,(H,13,14). The molecule has 2 N–H and O–H groups in total. The van der Waals surface area contributed by atoms with Gasteiger partial charge in [-0.2, -0.15) is 0 Å². The smallest absolute Gasteiger partial charge is 0.254 e. The second kappa shape index (κ2) is 4.29. The molecule has 88 valence electrons.